The van der Waals surface area contributed by atoms with E-state index in [0.29, 0.717) is 0 Å². The summed E-state index contributed by atoms with van der Waals surface area (Å²) in [4.78, 5) is 0. The Labute approximate surface area is 97.9 Å². The van der Waals surface area contributed by atoms with Crippen molar-refractivity contribution in [3.8, 4) is 0 Å². The van der Waals surface area contributed by atoms with E-state index in [9.17, 15) is 0 Å². The fraction of sp³-hybridized carbons (Fsp3) is 0. The van der Waals surface area contributed by atoms with Crippen LogP contribution in [0.3, 0.4) is 0 Å². The predicted molar refractivity (Wildman–Crippen MR) is 15.3 cm³/mol. The Morgan fingerprint density at radius 1 is 1.29 bits per heavy atom. The summed E-state index contributed by atoms with van der Waals surface area (Å²) in [6.07, 6.45) is 0. The van der Waals surface area contributed by atoms with Crippen LogP contribution in [0.25, 0.3) is 0 Å². The van der Waals surface area contributed by atoms with E-state index in [4.69, 9.17) is 17.5 Å². The third-order valence-corrected chi connectivity index (χ3v) is 0. The second kappa shape index (κ2) is 6.34. The zero-order chi connectivity index (χ0) is 4.50. The molecule has 0 aliphatic carbocycles. The fourth-order valence-corrected chi connectivity index (χ4v) is 0. The first-order valence-electron chi connectivity index (χ1n) is 0.698. The summed E-state index contributed by atoms with van der Waals surface area (Å²) < 4.78 is 31.6. The van der Waals surface area contributed by atoms with Crippen LogP contribution in [-0.4, -0.2) is 17.5 Å². The van der Waals surface area contributed by atoms with E-state index in [0.717, 1.165) is 0 Å². The molecule has 0 aliphatic rings. The maximum Gasteiger partial charge on any atom is 1.00 e. The number of hydrogen-bond donors (Lipinski definition) is 2. The smallest absolute Gasteiger partial charge is 1.00 e. The summed E-state index contributed by atoms with van der Waals surface area (Å²) in [7, 11) is -4.67. The van der Waals surface area contributed by atoms with Gasteiger partial charge in [-0.05, 0) is 0 Å². The van der Waals surface area contributed by atoms with E-state index in [1.165, 1.54) is 0 Å². The molecule has 38 valence electrons. The van der Waals surface area contributed by atoms with Gasteiger partial charge in [0.15, 0.2) is 0 Å². The molecule has 0 rings (SSSR count). The minimum Gasteiger partial charge on any atom is -1.00 e. The monoisotopic (exact) mass is 264 g/mol. The minimum absolute atomic E-state index is 0. The Balaban J connectivity index is -0.0000000267. The molecule has 0 aromatic carbocycles. The van der Waals surface area contributed by atoms with Gasteiger partial charge in [-0.1, -0.05) is 0 Å². The zero-order valence-electron chi connectivity index (χ0n) is 4.62. The summed E-state index contributed by atoms with van der Waals surface area (Å²) in [5.74, 6) is 0. The van der Waals surface area contributed by atoms with Crippen molar-refractivity contribution in [1.29, 1.82) is 0 Å². The quantitative estimate of drug-likeness (QED) is 0.352. The van der Waals surface area contributed by atoms with E-state index >= 15 is 0 Å². The Bertz CT molecular complexity index is 99.2. The molecule has 7 heteroatoms. The fourth-order valence-electron chi connectivity index (χ4n) is 0. The van der Waals surface area contributed by atoms with Crippen LogP contribution in [0.1, 0.15) is 1.43 Å². The van der Waals surface area contributed by atoms with E-state index in [1.807, 2.05) is 0 Å². The molecule has 0 atom stereocenters. The van der Waals surface area contributed by atoms with Crippen molar-refractivity contribution >= 4 is 10.4 Å². The maximum absolute atomic E-state index is 8.74. The van der Waals surface area contributed by atoms with Gasteiger partial charge >= 0.3 is 40.0 Å². The molecule has 0 heterocycles. The molecule has 0 fully saturated rings. The van der Waals surface area contributed by atoms with E-state index < -0.39 is 10.4 Å². The standard InChI is InChI=1S/Na.Nd.H2O4S.H/c;;1-5(2,3)4;/h;;(H2,1,2,3,4);/q+1;;;-1. The van der Waals surface area contributed by atoms with Crippen molar-refractivity contribution in [3.05, 3.63) is 0 Å². The summed E-state index contributed by atoms with van der Waals surface area (Å²) in [5, 5.41) is 0. The third-order valence-electron chi connectivity index (χ3n) is 0. The SMILES string of the molecule is O=S(=O)(O)O.[H-].[Na+].[Nd]. The molecule has 0 saturated carbocycles. The normalized spacial score (nSPS) is 8.29. The van der Waals surface area contributed by atoms with E-state index in [-0.39, 0.29) is 71.8 Å². The molecule has 0 radical (unpaired) electrons. The van der Waals surface area contributed by atoms with Crippen LogP contribution in [0, 0.1) is 40.8 Å². The zero-order valence-corrected chi connectivity index (χ0v) is 9.64. The molecule has 0 aromatic heterocycles. The van der Waals surface area contributed by atoms with E-state index in [1.54, 1.807) is 0 Å². The third kappa shape index (κ3) is 64.5. The van der Waals surface area contributed by atoms with Crippen molar-refractivity contribution in [3.63, 3.8) is 0 Å². The van der Waals surface area contributed by atoms with Crippen LogP contribution in [0.2, 0.25) is 0 Å². The van der Waals surface area contributed by atoms with Gasteiger partial charge in [0.25, 0.3) is 0 Å². The number of hydrogen-bond acceptors (Lipinski definition) is 2. The molecular weight excluding hydrogens is 263 g/mol. The molecule has 0 aliphatic heterocycles. The summed E-state index contributed by atoms with van der Waals surface area (Å²) in [6.45, 7) is 0. The van der Waals surface area contributed by atoms with Crippen molar-refractivity contribution < 1.29 is 89.3 Å². The van der Waals surface area contributed by atoms with Gasteiger partial charge in [0.2, 0.25) is 0 Å². The first kappa shape index (κ1) is 16.1. The van der Waals surface area contributed by atoms with Crippen LogP contribution >= 0.6 is 0 Å². The first-order chi connectivity index (χ1) is 2.00. The minimum atomic E-state index is -4.67. The van der Waals surface area contributed by atoms with Gasteiger partial charge in [-0.2, -0.15) is 8.42 Å². The number of rotatable bonds is 0. The molecule has 4 nitrogen and oxygen atoms in total. The van der Waals surface area contributed by atoms with E-state index in [2.05, 4.69) is 0 Å². The first-order valence-corrected chi connectivity index (χ1v) is 2.10. The van der Waals surface area contributed by atoms with Crippen LogP contribution in [0.5, 0.6) is 0 Å². The summed E-state index contributed by atoms with van der Waals surface area (Å²) >= 11 is 0. The van der Waals surface area contributed by atoms with Crippen molar-refractivity contribution in [2.75, 3.05) is 0 Å². The van der Waals surface area contributed by atoms with Crippen LogP contribution in [0.4, 0.5) is 0 Å². The Kier molecular flexibility index (Phi) is 14.6. The van der Waals surface area contributed by atoms with Crippen LogP contribution in [-0.2, 0) is 10.4 Å². The maximum atomic E-state index is 8.74. The molecule has 0 amide bonds. The molecule has 0 unspecified atom stereocenters. The van der Waals surface area contributed by atoms with Crippen molar-refractivity contribution in [2.24, 2.45) is 0 Å². The largest absolute Gasteiger partial charge is 1.00 e. The Morgan fingerprint density at radius 3 is 1.29 bits per heavy atom. The molecular formula is H3NaNdO4S. The molecule has 0 saturated heterocycles. The molecule has 7 heavy (non-hydrogen) atoms. The van der Waals surface area contributed by atoms with Crippen LogP contribution < -0.4 is 29.6 Å². The molecule has 0 spiro atoms. The topological polar surface area (TPSA) is 74.6 Å². The Morgan fingerprint density at radius 2 is 1.29 bits per heavy atom. The predicted octanol–water partition coefficient (Wildman–Crippen LogP) is -3.54. The summed E-state index contributed by atoms with van der Waals surface area (Å²) in [6, 6.07) is 0. The average molecular weight is 266 g/mol. The van der Waals surface area contributed by atoms with Gasteiger partial charge in [-0.15, -0.1) is 0 Å². The molecule has 0 bridgehead atoms. The van der Waals surface area contributed by atoms with Gasteiger partial charge in [-0.3, -0.25) is 9.11 Å². The average Bonchev–Trinajstić information content (AvgIpc) is 0.722. The second-order valence-corrected chi connectivity index (χ2v) is 1.34. The van der Waals surface area contributed by atoms with Gasteiger partial charge in [-0.25, -0.2) is 0 Å². The van der Waals surface area contributed by atoms with Crippen molar-refractivity contribution in [1.82, 2.24) is 0 Å². The molecule has 0 aromatic rings. The van der Waals surface area contributed by atoms with Crippen molar-refractivity contribution in [2.45, 2.75) is 0 Å². The van der Waals surface area contributed by atoms with Crippen LogP contribution in [0.15, 0.2) is 0 Å². The Hall–Kier alpha value is 2.22. The van der Waals surface area contributed by atoms with Gasteiger partial charge in [0.1, 0.15) is 0 Å². The summed E-state index contributed by atoms with van der Waals surface area (Å²) in [5.41, 5.74) is 0. The molecule has 2 N–H and O–H groups in total. The van der Waals surface area contributed by atoms with Gasteiger partial charge in [0, 0.05) is 40.8 Å². The second-order valence-electron chi connectivity index (χ2n) is 0.448. The van der Waals surface area contributed by atoms with Gasteiger partial charge < -0.3 is 1.43 Å². The van der Waals surface area contributed by atoms with Gasteiger partial charge in [0.05, 0.1) is 0 Å².